The minimum atomic E-state index is -0.493. The van der Waals surface area contributed by atoms with Gasteiger partial charge in [0.05, 0.1) is 11.7 Å². The van der Waals surface area contributed by atoms with Crippen molar-refractivity contribution < 1.29 is 5.11 Å². The summed E-state index contributed by atoms with van der Waals surface area (Å²) < 4.78 is 0. The normalized spacial score (nSPS) is 30.4. The average molecular weight is 168 g/mol. The van der Waals surface area contributed by atoms with Crippen molar-refractivity contribution in [3.05, 3.63) is 0 Å². The molecule has 3 nitrogen and oxygen atoms in total. The quantitative estimate of drug-likeness (QED) is 0.632. The Morgan fingerprint density at radius 2 is 2.42 bits per heavy atom. The van der Waals surface area contributed by atoms with Gasteiger partial charge in [0.1, 0.15) is 0 Å². The number of rotatable bonds is 3. The fraction of sp³-hybridized carbons (Fsp3) is 0.889. The minimum Gasteiger partial charge on any atom is -0.389 e. The summed E-state index contributed by atoms with van der Waals surface area (Å²) in [6, 6.07) is 2.12. The summed E-state index contributed by atoms with van der Waals surface area (Å²) in [5.41, 5.74) is -0.493. The van der Waals surface area contributed by atoms with E-state index >= 15 is 0 Å². The number of β-amino-alcohol motifs (C(OH)–C–C–N with tert-alkyl or cyclic N) is 1. The lowest BCUT2D eigenvalue weighted by Crippen LogP contribution is -2.30. The monoisotopic (exact) mass is 168 g/mol. The van der Waals surface area contributed by atoms with Crippen molar-refractivity contribution in [2.45, 2.75) is 31.8 Å². The van der Waals surface area contributed by atoms with Crippen molar-refractivity contribution in [1.82, 2.24) is 4.90 Å². The van der Waals surface area contributed by atoms with Crippen LogP contribution in [0, 0.1) is 11.3 Å². The van der Waals surface area contributed by atoms with Crippen LogP contribution in [0.1, 0.15) is 26.2 Å². The molecule has 0 aromatic heterocycles. The zero-order valence-corrected chi connectivity index (χ0v) is 7.58. The van der Waals surface area contributed by atoms with E-state index in [9.17, 15) is 5.11 Å². The first-order valence-electron chi connectivity index (χ1n) is 4.46. The molecule has 0 saturated carbocycles. The highest BCUT2D eigenvalue weighted by atomic mass is 16.3. The van der Waals surface area contributed by atoms with Gasteiger partial charge >= 0.3 is 0 Å². The third-order valence-electron chi connectivity index (χ3n) is 2.29. The smallest absolute Gasteiger partial charge is 0.0758 e. The van der Waals surface area contributed by atoms with Gasteiger partial charge in [-0.1, -0.05) is 0 Å². The van der Waals surface area contributed by atoms with Crippen molar-refractivity contribution in [3.8, 4) is 6.07 Å². The third-order valence-corrected chi connectivity index (χ3v) is 2.29. The average Bonchev–Trinajstić information content (AvgIpc) is 2.31. The summed E-state index contributed by atoms with van der Waals surface area (Å²) >= 11 is 0. The summed E-state index contributed by atoms with van der Waals surface area (Å²) in [4.78, 5) is 2.22. The zero-order chi connectivity index (χ0) is 9.03. The van der Waals surface area contributed by atoms with Gasteiger partial charge in [0, 0.05) is 19.5 Å². The predicted octanol–water partition coefficient (Wildman–Crippen LogP) is 0.747. The van der Waals surface area contributed by atoms with Crippen LogP contribution in [0.3, 0.4) is 0 Å². The Kier molecular flexibility index (Phi) is 3.07. The standard InChI is InChI=1S/C9H16N2O/c1-9(12)4-7-11(8-9)6-3-2-5-10/h12H,2-4,6-8H2,1H3. The molecule has 12 heavy (non-hydrogen) atoms. The lowest BCUT2D eigenvalue weighted by atomic mass is 10.1. The summed E-state index contributed by atoms with van der Waals surface area (Å²) in [6.45, 7) is 4.55. The topological polar surface area (TPSA) is 47.3 Å². The Balaban J connectivity index is 2.16. The van der Waals surface area contributed by atoms with Crippen molar-refractivity contribution in [2.75, 3.05) is 19.6 Å². The maximum absolute atomic E-state index is 9.61. The highest BCUT2D eigenvalue weighted by molar-refractivity contribution is 4.86. The Morgan fingerprint density at radius 3 is 2.92 bits per heavy atom. The first kappa shape index (κ1) is 9.50. The van der Waals surface area contributed by atoms with Crippen molar-refractivity contribution in [3.63, 3.8) is 0 Å². The Morgan fingerprint density at radius 1 is 1.67 bits per heavy atom. The van der Waals surface area contributed by atoms with Crippen molar-refractivity contribution in [2.24, 2.45) is 0 Å². The SMILES string of the molecule is CC1(O)CCN(CCCC#N)C1. The predicted molar refractivity (Wildman–Crippen MR) is 46.5 cm³/mol. The molecule has 0 spiro atoms. The molecule has 1 N–H and O–H groups in total. The first-order chi connectivity index (χ1) is 5.64. The molecule has 3 heteroatoms. The van der Waals surface area contributed by atoms with E-state index in [-0.39, 0.29) is 0 Å². The van der Waals surface area contributed by atoms with Crippen molar-refractivity contribution in [1.29, 1.82) is 5.26 Å². The summed E-state index contributed by atoms with van der Waals surface area (Å²) in [5.74, 6) is 0. The lowest BCUT2D eigenvalue weighted by Gasteiger charge is -2.17. The summed E-state index contributed by atoms with van der Waals surface area (Å²) in [6.07, 6.45) is 2.41. The molecule has 0 radical (unpaired) electrons. The third kappa shape index (κ3) is 2.80. The van der Waals surface area contributed by atoms with E-state index in [1.165, 1.54) is 0 Å². The number of nitrogens with zero attached hydrogens (tertiary/aromatic N) is 2. The number of aliphatic hydroxyl groups is 1. The van der Waals surface area contributed by atoms with Gasteiger partial charge in [-0.2, -0.15) is 5.26 Å². The lowest BCUT2D eigenvalue weighted by molar-refractivity contribution is 0.0687. The molecule has 1 saturated heterocycles. The molecule has 1 heterocycles. The number of hydrogen-bond acceptors (Lipinski definition) is 3. The number of nitriles is 1. The minimum absolute atomic E-state index is 0.493. The number of hydrogen-bond donors (Lipinski definition) is 1. The molecule has 1 rings (SSSR count). The molecule has 1 unspecified atom stereocenters. The molecule has 0 aliphatic carbocycles. The molecule has 0 aromatic rings. The van der Waals surface area contributed by atoms with E-state index in [0.717, 1.165) is 32.5 Å². The van der Waals surface area contributed by atoms with E-state index < -0.39 is 5.60 Å². The zero-order valence-electron chi connectivity index (χ0n) is 7.58. The van der Waals surface area contributed by atoms with Crippen LogP contribution in [0.5, 0.6) is 0 Å². The maximum atomic E-state index is 9.61. The molecule has 1 aliphatic rings. The molecule has 68 valence electrons. The largest absolute Gasteiger partial charge is 0.389 e. The molecule has 0 aromatic carbocycles. The fourth-order valence-electron chi connectivity index (χ4n) is 1.61. The molecule has 0 amide bonds. The summed E-state index contributed by atoms with van der Waals surface area (Å²) in [7, 11) is 0. The van der Waals surface area contributed by atoms with E-state index in [4.69, 9.17) is 5.26 Å². The molecule has 1 fully saturated rings. The first-order valence-corrected chi connectivity index (χ1v) is 4.46. The molecule has 0 bridgehead atoms. The molecule has 1 aliphatic heterocycles. The van der Waals surface area contributed by atoms with Crippen LogP contribution in [0.25, 0.3) is 0 Å². The Labute approximate surface area is 73.6 Å². The second-order valence-electron chi connectivity index (χ2n) is 3.78. The van der Waals surface area contributed by atoms with E-state index in [0.29, 0.717) is 6.42 Å². The van der Waals surface area contributed by atoms with Crippen LogP contribution in [-0.2, 0) is 0 Å². The number of unbranched alkanes of at least 4 members (excludes halogenated alkanes) is 1. The van der Waals surface area contributed by atoms with Gasteiger partial charge in [-0.15, -0.1) is 0 Å². The van der Waals surface area contributed by atoms with Crippen LogP contribution in [0.2, 0.25) is 0 Å². The van der Waals surface area contributed by atoms with Crippen LogP contribution in [-0.4, -0.2) is 35.2 Å². The van der Waals surface area contributed by atoms with Gasteiger partial charge in [-0.25, -0.2) is 0 Å². The van der Waals surface area contributed by atoms with Crippen LogP contribution < -0.4 is 0 Å². The van der Waals surface area contributed by atoms with E-state index in [2.05, 4.69) is 11.0 Å². The Bertz CT molecular complexity index is 183. The second kappa shape index (κ2) is 3.88. The maximum Gasteiger partial charge on any atom is 0.0758 e. The second-order valence-corrected chi connectivity index (χ2v) is 3.78. The van der Waals surface area contributed by atoms with Crippen LogP contribution >= 0.6 is 0 Å². The molecule has 1 atom stereocenters. The van der Waals surface area contributed by atoms with Crippen molar-refractivity contribution >= 4 is 0 Å². The fourth-order valence-corrected chi connectivity index (χ4v) is 1.61. The van der Waals surface area contributed by atoms with Gasteiger partial charge in [-0.05, 0) is 26.3 Å². The van der Waals surface area contributed by atoms with Gasteiger partial charge in [-0.3, -0.25) is 0 Å². The van der Waals surface area contributed by atoms with Gasteiger partial charge in [0.2, 0.25) is 0 Å². The highest BCUT2D eigenvalue weighted by Crippen LogP contribution is 2.19. The highest BCUT2D eigenvalue weighted by Gasteiger charge is 2.30. The Hall–Kier alpha value is -0.590. The van der Waals surface area contributed by atoms with Gasteiger partial charge < -0.3 is 10.0 Å². The van der Waals surface area contributed by atoms with Crippen LogP contribution in [0.4, 0.5) is 0 Å². The van der Waals surface area contributed by atoms with E-state index in [1.54, 1.807) is 0 Å². The molecular weight excluding hydrogens is 152 g/mol. The summed E-state index contributed by atoms with van der Waals surface area (Å²) in [5, 5.41) is 17.9. The van der Waals surface area contributed by atoms with Gasteiger partial charge in [0.25, 0.3) is 0 Å². The number of likely N-dealkylation sites (tertiary alicyclic amines) is 1. The molecular formula is C9H16N2O. The van der Waals surface area contributed by atoms with Gasteiger partial charge in [0.15, 0.2) is 0 Å². The van der Waals surface area contributed by atoms with Crippen LogP contribution in [0.15, 0.2) is 0 Å². The van der Waals surface area contributed by atoms with E-state index in [1.807, 2.05) is 6.92 Å².